The maximum atomic E-state index is 6.82. The van der Waals surface area contributed by atoms with E-state index in [2.05, 4.69) is 185 Å². The van der Waals surface area contributed by atoms with Crippen molar-refractivity contribution >= 4 is 54.8 Å². The molecule has 0 saturated heterocycles. The van der Waals surface area contributed by atoms with Crippen LogP contribution in [0.3, 0.4) is 0 Å². The highest BCUT2D eigenvalue weighted by molar-refractivity contribution is 6.16. The minimum atomic E-state index is 0.869. The minimum absolute atomic E-state index is 0.869. The van der Waals surface area contributed by atoms with Gasteiger partial charge in [0, 0.05) is 32.8 Å². The Morgan fingerprint density at radius 2 is 1.08 bits per heavy atom. The molecule has 0 aliphatic carbocycles. The number of benzene rings is 8. The zero-order valence-electron chi connectivity index (χ0n) is 28.6. The lowest BCUT2D eigenvalue weighted by Gasteiger charge is -2.11. The van der Waals surface area contributed by atoms with Crippen molar-refractivity contribution in [3.05, 3.63) is 188 Å². The molecule has 0 bridgehead atoms. The summed E-state index contributed by atoms with van der Waals surface area (Å²) in [5.74, 6) is 0.927. The highest BCUT2D eigenvalue weighted by Crippen LogP contribution is 2.42. The topological polar surface area (TPSA) is 35.9 Å². The molecule has 0 unspecified atom stereocenters. The van der Waals surface area contributed by atoms with Gasteiger partial charge in [0.2, 0.25) is 0 Å². The Labute approximate surface area is 305 Å². The zero-order valence-corrected chi connectivity index (χ0v) is 28.6. The first-order valence-corrected chi connectivity index (χ1v) is 18.0. The number of furan rings is 1. The summed E-state index contributed by atoms with van der Waals surface area (Å²) in [4.78, 5) is 5.04. The van der Waals surface area contributed by atoms with E-state index in [9.17, 15) is 0 Å². The van der Waals surface area contributed by atoms with Gasteiger partial charge in [0.1, 0.15) is 11.4 Å². The Morgan fingerprint density at radius 3 is 1.91 bits per heavy atom. The van der Waals surface area contributed by atoms with Crippen molar-refractivity contribution in [2.24, 2.45) is 0 Å². The van der Waals surface area contributed by atoms with Gasteiger partial charge in [-0.25, -0.2) is 4.98 Å². The van der Waals surface area contributed by atoms with E-state index < -0.39 is 0 Å². The molecule has 11 rings (SSSR count). The number of hydrogen-bond donors (Lipinski definition) is 0. The third kappa shape index (κ3) is 4.59. The summed E-state index contributed by atoms with van der Waals surface area (Å²) < 4.78 is 11.4. The van der Waals surface area contributed by atoms with Crippen molar-refractivity contribution < 1.29 is 4.42 Å². The van der Waals surface area contributed by atoms with Crippen LogP contribution in [-0.4, -0.2) is 14.1 Å². The summed E-state index contributed by atoms with van der Waals surface area (Å²) >= 11 is 0. The van der Waals surface area contributed by atoms with Crippen molar-refractivity contribution in [2.45, 2.75) is 0 Å². The first kappa shape index (κ1) is 29.5. The molecule has 11 aromatic rings. The van der Waals surface area contributed by atoms with Crippen molar-refractivity contribution in [3.8, 4) is 45.0 Å². The smallest absolute Gasteiger partial charge is 0.159 e. The minimum Gasteiger partial charge on any atom is -0.454 e. The Hall–Kier alpha value is -7.17. The normalized spacial score (nSPS) is 11.8. The second-order valence-electron chi connectivity index (χ2n) is 13.6. The van der Waals surface area contributed by atoms with Crippen LogP contribution in [0, 0.1) is 0 Å². The average molecular weight is 678 g/mol. The lowest BCUT2D eigenvalue weighted by molar-refractivity contribution is 0.666. The number of para-hydroxylation sites is 4. The Bertz CT molecular complexity index is 3150. The monoisotopic (exact) mass is 677 g/mol. The van der Waals surface area contributed by atoms with Gasteiger partial charge in [-0.1, -0.05) is 133 Å². The lowest BCUT2D eigenvalue weighted by Crippen LogP contribution is -1.97. The molecule has 4 heteroatoms. The predicted molar refractivity (Wildman–Crippen MR) is 219 cm³/mol. The van der Waals surface area contributed by atoms with E-state index in [1.807, 2.05) is 12.1 Å². The van der Waals surface area contributed by atoms with Gasteiger partial charge < -0.3 is 8.98 Å². The SMILES string of the molecule is c1ccc(-c2ccc3c(c2)c2ccccc2n3-c2cccc3c2oc2cccc(-c4ccc(-n5c(-c6ccccc6)nc6ccccc65)cc4)c23)cc1. The average Bonchev–Trinajstić information content (AvgIpc) is 3.91. The molecular formula is C49H31N3O. The summed E-state index contributed by atoms with van der Waals surface area (Å²) in [5.41, 5.74) is 13.9. The van der Waals surface area contributed by atoms with Crippen molar-refractivity contribution in [1.29, 1.82) is 0 Å². The predicted octanol–water partition coefficient (Wildman–Crippen LogP) is 13.0. The number of aromatic nitrogens is 3. The molecule has 0 aliphatic heterocycles. The van der Waals surface area contributed by atoms with Gasteiger partial charge >= 0.3 is 0 Å². The number of imidazole rings is 1. The highest BCUT2D eigenvalue weighted by Gasteiger charge is 2.20. The molecule has 0 atom stereocenters. The van der Waals surface area contributed by atoms with E-state index in [1.54, 1.807) is 0 Å². The summed E-state index contributed by atoms with van der Waals surface area (Å²) in [6.07, 6.45) is 0. The van der Waals surface area contributed by atoms with E-state index in [0.717, 1.165) is 77.9 Å². The molecular weight excluding hydrogens is 647 g/mol. The molecule has 0 spiro atoms. The van der Waals surface area contributed by atoms with Crippen LogP contribution in [0.4, 0.5) is 0 Å². The van der Waals surface area contributed by atoms with Gasteiger partial charge in [0.05, 0.1) is 27.8 Å². The molecule has 0 aliphatic rings. The molecule has 248 valence electrons. The molecule has 0 saturated carbocycles. The third-order valence-electron chi connectivity index (χ3n) is 10.6. The molecule has 4 nitrogen and oxygen atoms in total. The Morgan fingerprint density at radius 1 is 0.415 bits per heavy atom. The first-order valence-electron chi connectivity index (χ1n) is 18.0. The van der Waals surface area contributed by atoms with Crippen molar-refractivity contribution in [1.82, 2.24) is 14.1 Å². The second kappa shape index (κ2) is 11.7. The maximum Gasteiger partial charge on any atom is 0.159 e. The van der Waals surface area contributed by atoms with E-state index in [4.69, 9.17) is 9.40 Å². The Balaban J connectivity index is 1.07. The standard InChI is InChI=1S/C49H31N3O/c1-3-13-32(14-4-1)35-27-30-43-40(31-35)38-17-7-9-21-42(38)52(43)45-23-11-19-39-47-37(18-12-24-46(47)53-48(39)45)33-25-28-36(29-26-33)51-44-22-10-8-20-41(44)50-49(51)34-15-5-2-6-16-34/h1-31H. The van der Waals surface area contributed by atoms with Gasteiger partial charge in [0.15, 0.2) is 5.58 Å². The number of nitrogens with zero attached hydrogens (tertiary/aromatic N) is 3. The van der Waals surface area contributed by atoms with Crippen LogP contribution >= 0.6 is 0 Å². The second-order valence-corrected chi connectivity index (χ2v) is 13.6. The largest absolute Gasteiger partial charge is 0.454 e. The van der Waals surface area contributed by atoms with Gasteiger partial charge in [-0.2, -0.15) is 0 Å². The third-order valence-corrected chi connectivity index (χ3v) is 10.6. The number of rotatable bonds is 5. The summed E-state index contributed by atoms with van der Waals surface area (Å²) in [7, 11) is 0. The maximum absolute atomic E-state index is 6.82. The quantitative estimate of drug-likeness (QED) is 0.182. The van der Waals surface area contributed by atoms with Crippen molar-refractivity contribution in [3.63, 3.8) is 0 Å². The summed E-state index contributed by atoms with van der Waals surface area (Å²) in [6, 6.07) is 66.5. The van der Waals surface area contributed by atoms with E-state index in [-0.39, 0.29) is 0 Å². The van der Waals surface area contributed by atoms with Crippen molar-refractivity contribution in [2.75, 3.05) is 0 Å². The van der Waals surface area contributed by atoms with Crippen LogP contribution < -0.4 is 0 Å². The highest BCUT2D eigenvalue weighted by atomic mass is 16.3. The lowest BCUT2D eigenvalue weighted by atomic mass is 9.99. The molecule has 0 N–H and O–H groups in total. The molecule has 53 heavy (non-hydrogen) atoms. The van der Waals surface area contributed by atoms with E-state index in [0.29, 0.717) is 0 Å². The fraction of sp³-hybridized carbons (Fsp3) is 0. The van der Waals surface area contributed by atoms with Gasteiger partial charge in [-0.3, -0.25) is 4.57 Å². The summed E-state index contributed by atoms with van der Waals surface area (Å²) in [6.45, 7) is 0. The van der Waals surface area contributed by atoms with E-state index >= 15 is 0 Å². The molecule has 0 amide bonds. The van der Waals surface area contributed by atoms with Gasteiger partial charge in [-0.05, 0) is 76.9 Å². The van der Waals surface area contributed by atoms with Crippen LogP contribution in [0.25, 0.3) is 99.8 Å². The van der Waals surface area contributed by atoms with E-state index in [1.165, 1.54) is 21.9 Å². The van der Waals surface area contributed by atoms with Crippen LogP contribution in [0.1, 0.15) is 0 Å². The fourth-order valence-electron chi connectivity index (χ4n) is 8.15. The molecule has 0 radical (unpaired) electrons. The van der Waals surface area contributed by atoms with Crippen LogP contribution in [0.5, 0.6) is 0 Å². The van der Waals surface area contributed by atoms with Gasteiger partial charge in [0.25, 0.3) is 0 Å². The van der Waals surface area contributed by atoms with Crippen LogP contribution in [0.2, 0.25) is 0 Å². The summed E-state index contributed by atoms with van der Waals surface area (Å²) in [5, 5.41) is 4.64. The van der Waals surface area contributed by atoms with Crippen LogP contribution in [-0.2, 0) is 0 Å². The molecule has 3 heterocycles. The number of fused-ring (bicyclic) bond motifs is 7. The molecule has 0 fully saturated rings. The number of hydrogen-bond acceptors (Lipinski definition) is 2. The molecule has 8 aromatic carbocycles. The zero-order chi connectivity index (χ0) is 34.9. The molecule has 3 aromatic heterocycles. The van der Waals surface area contributed by atoms with Crippen LogP contribution in [0.15, 0.2) is 192 Å². The Kier molecular flexibility index (Phi) is 6.52. The first-order chi connectivity index (χ1) is 26.3. The fourth-order valence-corrected chi connectivity index (χ4v) is 8.15. The van der Waals surface area contributed by atoms with Gasteiger partial charge in [-0.15, -0.1) is 0 Å².